The van der Waals surface area contributed by atoms with Gasteiger partial charge in [-0.2, -0.15) is 0 Å². The SMILES string of the molecule is O=C(O)N1CCC2(CCCCO2)C1. The maximum atomic E-state index is 10.7. The Morgan fingerprint density at radius 3 is 2.77 bits per heavy atom. The van der Waals surface area contributed by atoms with Crippen LogP contribution in [0, 0.1) is 0 Å². The minimum absolute atomic E-state index is 0.128. The van der Waals surface area contributed by atoms with Crippen LogP contribution in [0.3, 0.4) is 0 Å². The van der Waals surface area contributed by atoms with E-state index in [4.69, 9.17) is 9.84 Å². The number of rotatable bonds is 0. The highest BCUT2D eigenvalue weighted by Crippen LogP contribution is 2.33. The first-order chi connectivity index (χ1) is 6.22. The van der Waals surface area contributed by atoms with Crippen LogP contribution in [0.25, 0.3) is 0 Å². The van der Waals surface area contributed by atoms with Crippen LogP contribution in [-0.4, -0.2) is 41.4 Å². The molecule has 4 nitrogen and oxygen atoms in total. The molecule has 2 heterocycles. The van der Waals surface area contributed by atoms with Crippen LogP contribution in [-0.2, 0) is 4.74 Å². The highest BCUT2D eigenvalue weighted by Gasteiger charge is 2.41. The van der Waals surface area contributed by atoms with Crippen LogP contribution < -0.4 is 0 Å². The fraction of sp³-hybridized carbons (Fsp3) is 0.889. The summed E-state index contributed by atoms with van der Waals surface area (Å²) in [6, 6.07) is 0. The summed E-state index contributed by atoms with van der Waals surface area (Å²) in [5.41, 5.74) is -0.128. The van der Waals surface area contributed by atoms with Gasteiger partial charge in [0.15, 0.2) is 0 Å². The van der Waals surface area contributed by atoms with Gasteiger partial charge in [-0.1, -0.05) is 0 Å². The molecule has 1 unspecified atom stereocenters. The monoisotopic (exact) mass is 185 g/mol. The first kappa shape index (κ1) is 8.81. The Labute approximate surface area is 77.5 Å². The van der Waals surface area contributed by atoms with Gasteiger partial charge in [-0.05, 0) is 25.7 Å². The molecule has 0 saturated carbocycles. The molecule has 2 aliphatic rings. The molecular formula is C9H15NO3. The predicted octanol–water partition coefficient (Wildman–Crippen LogP) is 1.31. The van der Waals surface area contributed by atoms with Crippen molar-refractivity contribution in [2.45, 2.75) is 31.3 Å². The lowest BCUT2D eigenvalue weighted by molar-refractivity contribution is -0.0684. The normalized spacial score (nSPS) is 34.0. The van der Waals surface area contributed by atoms with E-state index in [0.717, 1.165) is 25.9 Å². The van der Waals surface area contributed by atoms with Gasteiger partial charge in [0.1, 0.15) is 0 Å². The first-order valence-electron chi connectivity index (χ1n) is 4.84. The van der Waals surface area contributed by atoms with Crippen molar-refractivity contribution in [3.8, 4) is 0 Å². The molecular weight excluding hydrogens is 170 g/mol. The number of carbonyl (C=O) groups is 1. The summed E-state index contributed by atoms with van der Waals surface area (Å²) in [6.07, 6.45) is 3.38. The van der Waals surface area contributed by atoms with Gasteiger partial charge < -0.3 is 14.7 Å². The van der Waals surface area contributed by atoms with Crippen molar-refractivity contribution in [2.75, 3.05) is 19.7 Å². The molecule has 1 atom stereocenters. The van der Waals surface area contributed by atoms with Gasteiger partial charge in [-0.3, -0.25) is 0 Å². The zero-order valence-corrected chi connectivity index (χ0v) is 7.66. The molecule has 13 heavy (non-hydrogen) atoms. The summed E-state index contributed by atoms with van der Waals surface area (Å²) in [6.45, 7) is 2.01. The summed E-state index contributed by atoms with van der Waals surface area (Å²) in [5, 5.41) is 8.80. The fourth-order valence-electron chi connectivity index (χ4n) is 2.24. The Morgan fingerprint density at radius 1 is 1.38 bits per heavy atom. The van der Waals surface area contributed by atoms with E-state index in [1.807, 2.05) is 0 Å². The molecule has 1 N–H and O–H groups in total. The molecule has 2 saturated heterocycles. The average Bonchev–Trinajstić information content (AvgIpc) is 2.51. The zero-order valence-electron chi connectivity index (χ0n) is 7.66. The van der Waals surface area contributed by atoms with E-state index in [0.29, 0.717) is 13.1 Å². The molecule has 4 heteroatoms. The van der Waals surface area contributed by atoms with Gasteiger partial charge >= 0.3 is 6.09 Å². The number of nitrogens with zero attached hydrogens (tertiary/aromatic N) is 1. The van der Waals surface area contributed by atoms with Crippen molar-refractivity contribution >= 4 is 6.09 Å². The van der Waals surface area contributed by atoms with Crippen LogP contribution >= 0.6 is 0 Å². The summed E-state index contributed by atoms with van der Waals surface area (Å²) < 4.78 is 5.70. The summed E-state index contributed by atoms with van der Waals surface area (Å²) in [7, 11) is 0. The van der Waals surface area contributed by atoms with Crippen LogP contribution in [0.5, 0.6) is 0 Å². The molecule has 1 amide bonds. The Kier molecular flexibility index (Phi) is 2.15. The van der Waals surface area contributed by atoms with Crippen molar-refractivity contribution in [3.63, 3.8) is 0 Å². The molecule has 0 aromatic rings. The Morgan fingerprint density at radius 2 is 2.23 bits per heavy atom. The lowest BCUT2D eigenvalue weighted by atomic mass is 9.93. The van der Waals surface area contributed by atoms with Gasteiger partial charge in [-0.15, -0.1) is 0 Å². The number of likely N-dealkylation sites (tertiary alicyclic amines) is 1. The average molecular weight is 185 g/mol. The van der Waals surface area contributed by atoms with Crippen molar-refractivity contribution in [2.24, 2.45) is 0 Å². The third kappa shape index (κ3) is 1.63. The largest absolute Gasteiger partial charge is 0.465 e. The third-order valence-electron chi connectivity index (χ3n) is 3.02. The summed E-state index contributed by atoms with van der Waals surface area (Å²) in [5.74, 6) is 0. The minimum atomic E-state index is -0.814. The molecule has 2 aliphatic heterocycles. The number of carboxylic acid groups (broad SMARTS) is 1. The summed E-state index contributed by atoms with van der Waals surface area (Å²) in [4.78, 5) is 12.2. The molecule has 1 spiro atoms. The van der Waals surface area contributed by atoms with Gasteiger partial charge in [0.05, 0.1) is 12.1 Å². The zero-order chi connectivity index (χ0) is 9.31. The molecule has 0 aromatic carbocycles. The molecule has 74 valence electrons. The Hall–Kier alpha value is -0.770. The second-order valence-electron chi connectivity index (χ2n) is 3.94. The van der Waals surface area contributed by atoms with Crippen molar-refractivity contribution in [1.29, 1.82) is 0 Å². The molecule has 2 fully saturated rings. The maximum absolute atomic E-state index is 10.7. The second kappa shape index (κ2) is 3.18. The Balaban J connectivity index is 1.98. The van der Waals surface area contributed by atoms with E-state index in [1.54, 1.807) is 0 Å². The molecule has 0 radical (unpaired) electrons. The number of hydrogen-bond acceptors (Lipinski definition) is 2. The standard InChI is InChI=1S/C9H15NO3/c11-8(12)10-5-4-9(7-10)3-1-2-6-13-9/h1-7H2,(H,11,12). The van der Waals surface area contributed by atoms with Crippen LogP contribution in [0.4, 0.5) is 4.79 Å². The van der Waals surface area contributed by atoms with E-state index in [2.05, 4.69) is 0 Å². The summed E-state index contributed by atoms with van der Waals surface area (Å²) >= 11 is 0. The van der Waals surface area contributed by atoms with Crippen molar-refractivity contribution in [1.82, 2.24) is 4.90 Å². The Bertz CT molecular complexity index is 211. The quantitative estimate of drug-likeness (QED) is 0.619. The lowest BCUT2D eigenvalue weighted by Crippen LogP contribution is -2.40. The van der Waals surface area contributed by atoms with E-state index < -0.39 is 6.09 Å². The fourth-order valence-corrected chi connectivity index (χ4v) is 2.24. The van der Waals surface area contributed by atoms with E-state index in [1.165, 1.54) is 11.3 Å². The van der Waals surface area contributed by atoms with Crippen molar-refractivity contribution in [3.05, 3.63) is 0 Å². The van der Waals surface area contributed by atoms with E-state index >= 15 is 0 Å². The molecule has 0 aromatic heterocycles. The maximum Gasteiger partial charge on any atom is 0.407 e. The van der Waals surface area contributed by atoms with Crippen LogP contribution in [0.15, 0.2) is 0 Å². The molecule has 2 rings (SSSR count). The van der Waals surface area contributed by atoms with Crippen LogP contribution in [0.2, 0.25) is 0 Å². The molecule has 0 bridgehead atoms. The van der Waals surface area contributed by atoms with Crippen molar-refractivity contribution < 1.29 is 14.6 Å². The van der Waals surface area contributed by atoms with Gasteiger partial charge in [0.25, 0.3) is 0 Å². The highest BCUT2D eigenvalue weighted by atomic mass is 16.5. The van der Waals surface area contributed by atoms with Gasteiger partial charge in [0.2, 0.25) is 0 Å². The lowest BCUT2D eigenvalue weighted by Gasteiger charge is -2.33. The van der Waals surface area contributed by atoms with E-state index in [-0.39, 0.29) is 5.60 Å². The highest BCUT2D eigenvalue weighted by molar-refractivity contribution is 5.65. The number of ether oxygens (including phenoxy) is 1. The number of amides is 1. The van der Waals surface area contributed by atoms with Gasteiger partial charge in [0, 0.05) is 13.2 Å². The topological polar surface area (TPSA) is 49.8 Å². The first-order valence-corrected chi connectivity index (χ1v) is 4.84. The minimum Gasteiger partial charge on any atom is -0.465 e. The second-order valence-corrected chi connectivity index (χ2v) is 3.94. The number of hydrogen-bond donors (Lipinski definition) is 1. The van der Waals surface area contributed by atoms with Gasteiger partial charge in [-0.25, -0.2) is 4.79 Å². The van der Waals surface area contributed by atoms with Crippen LogP contribution in [0.1, 0.15) is 25.7 Å². The molecule has 0 aliphatic carbocycles. The smallest absolute Gasteiger partial charge is 0.407 e. The third-order valence-corrected chi connectivity index (χ3v) is 3.02. The predicted molar refractivity (Wildman–Crippen MR) is 46.7 cm³/mol. The van der Waals surface area contributed by atoms with E-state index in [9.17, 15) is 4.79 Å².